The summed E-state index contributed by atoms with van der Waals surface area (Å²) in [5.41, 5.74) is 0.745. The number of phenols is 1. The number of hydrogen-bond acceptors (Lipinski definition) is 4. The van der Waals surface area contributed by atoms with Gasteiger partial charge in [0.2, 0.25) is 0 Å². The van der Waals surface area contributed by atoms with Crippen LogP contribution in [0, 0.1) is 0 Å². The Balaban J connectivity index is 1.94. The summed E-state index contributed by atoms with van der Waals surface area (Å²) in [5, 5.41) is 13.9. The number of aromatic nitrogens is 1. The van der Waals surface area contributed by atoms with Crippen molar-refractivity contribution in [2.75, 3.05) is 20.6 Å². The van der Waals surface area contributed by atoms with Crippen LogP contribution >= 0.6 is 11.3 Å². The fraction of sp³-hybridized carbons (Fsp3) is 0.312. The van der Waals surface area contributed by atoms with Crippen LogP contribution in [0.25, 0.3) is 21.0 Å². The summed E-state index contributed by atoms with van der Waals surface area (Å²) in [6.07, 6.45) is 0. The van der Waals surface area contributed by atoms with E-state index >= 15 is 0 Å². The Morgan fingerprint density at radius 3 is 2.86 bits per heavy atom. The van der Waals surface area contributed by atoms with Crippen molar-refractivity contribution in [1.29, 1.82) is 0 Å². The van der Waals surface area contributed by atoms with Gasteiger partial charge in [-0.05, 0) is 0 Å². The Kier molecular flexibility index (Phi) is 4.57. The number of aromatic amines is 1. The topological polar surface area (TPSA) is 56.3 Å². The van der Waals surface area contributed by atoms with E-state index in [0.717, 1.165) is 32.7 Å². The van der Waals surface area contributed by atoms with Gasteiger partial charge in [-0.15, -0.1) is 0 Å². The number of nitrogens with zero attached hydrogens (tertiary/aromatic N) is 1. The first-order valence-electron chi connectivity index (χ1n) is 7.10. The Morgan fingerprint density at radius 2 is 2.09 bits per heavy atom. The summed E-state index contributed by atoms with van der Waals surface area (Å²) in [7, 11) is 4.19. The summed E-state index contributed by atoms with van der Waals surface area (Å²) >= 11 is 1.86. The molecular formula is C16H18AsN2O2S. The average molecular weight is 377 g/mol. The normalized spacial score (nSPS) is 12.3. The number of phenolic OH excluding ortho intramolecular Hbond substituents is 1. The fourth-order valence-corrected chi connectivity index (χ4v) is 6.32. The van der Waals surface area contributed by atoms with E-state index in [1.807, 2.05) is 0 Å². The van der Waals surface area contributed by atoms with Crippen LogP contribution in [0.1, 0.15) is 4.88 Å². The molecule has 1 radical (unpaired) electrons. The SMILES string of the molecule is CN(C)CC[As]Cc1cc2c(s1)c(=O)[nH]c1ccc(O)cc12. The van der Waals surface area contributed by atoms with Gasteiger partial charge in [0.05, 0.1) is 0 Å². The van der Waals surface area contributed by atoms with Crippen LogP contribution in [0.15, 0.2) is 29.1 Å². The zero-order valence-electron chi connectivity index (χ0n) is 12.6. The van der Waals surface area contributed by atoms with E-state index in [1.165, 1.54) is 10.1 Å². The molecule has 0 aliphatic rings. The van der Waals surface area contributed by atoms with E-state index in [0.29, 0.717) is 0 Å². The molecule has 22 heavy (non-hydrogen) atoms. The number of rotatable bonds is 5. The molecule has 2 N–H and O–H groups in total. The van der Waals surface area contributed by atoms with Crippen molar-refractivity contribution in [1.82, 2.24) is 9.88 Å². The first kappa shape index (κ1) is 15.6. The van der Waals surface area contributed by atoms with Crippen molar-refractivity contribution in [2.45, 2.75) is 10.4 Å². The minimum atomic E-state index is -0.0334. The number of benzene rings is 1. The van der Waals surface area contributed by atoms with E-state index in [9.17, 15) is 9.90 Å². The zero-order valence-corrected chi connectivity index (χ0v) is 15.3. The molecule has 0 saturated heterocycles. The molecule has 0 fully saturated rings. The average Bonchev–Trinajstić information content (AvgIpc) is 2.89. The van der Waals surface area contributed by atoms with Crippen LogP contribution in [0.4, 0.5) is 0 Å². The Hall–Kier alpha value is -1.29. The molecule has 0 bridgehead atoms. The number of H-pyrrole nitrogens is 1. The number of aromatic hydroxyl groups is 1. The van der Waals surface area contributed by atoms with Crippen molar-refractivity contribution >= 4 is 48.1 Å². The molecule has 2 aromatic heterocycles. The molecule has 3 aromatic rings. The van der Waals surface area contributed by atoms with Crippen molar-refractivity contribution in [2.24, 2.45) is 0 Å². The summed E-state index contributed by atoms with van der Waals surface area (Å²) in [5.74, 6) is 0.228. The number of thiophene rings is 1. The van der Waals surface area contributed by atoms with Gasteiger partial charge in [-0.3, -0.25) is 0 Å². The summed E-state index contributed by atoms with van der Waals surface area (Å²) in [6, 6.07) is 7.21. The maximum atomic E-state index is 12.2. The van der Waals surface area contributed by atoms with E-state index < -0.39 is 0 Å². The molecule has 0 aliphatic heterocycles. The minimum absolute atomic E-state index is 0.0334. The first-order chi connectivity index (χ1) is 10.5. The quantitative estimate of drug-likeness (QED) is 0.531. The first-order valence-corrected chi connectivity index (χ1v) is 10.6. The monoisotopic (exact) mass is 377 g/mol. The number of nitrogens with one attached hydrogen (secondary N) is 1. The summed E-state index contributed by atoms with van der Waals surface area (Å²) < 4.78 is 0.766. The molecule has 0 spiro atoms. The standard InChI is InChI=1S/C16H18AsN2O2S/c1-19(2)6-5-17-9-11-8-13-12-7-10(20)3-4-14(12)18-16(21)15(13)22-11/h3-4,7-8,20H,5-6,9H2,1-2H3,(H,18,21). The molecule has 0 saturated carbocycles. The van der Waals surface area contributed by atoms with Gasteiger partial charge in [0, 0.05) is 0 Å². The predicted molar refractivity (Wildman–Crippen MR) is 94.4 cm³/mol. The second-order valence-corrected chi connectivity index (χ2v) is 9.22. The van der Waals surface area contributed by atoms with Crippen LogP contribution in [0.5, 0.6) is 5.75 Å². The van der Waals surface area contributed by atoms with Crippen molar-refractivity contribution in [3.05, 3.63) is 39.5 Å². The molecule has 6 heteroatoms. The third kappa shape index (κ3) is 3.22. The second kappa shape index (κ2) is 6.45. The molecule has 0 amide bonds. The van der Waals surface area contributed by atoms with Gasteiger partial charge in [0.25, 0.3) is 0 Å². The van der Waals surface area contributed by atoms with Gasteiger partial charge in [-0.2, -0.15) is 0 Å². The van der Waals surface area contributed by atoms with Crippen LogP contribution in [0.3, 0.4) is 0 Å². The number of pyridine rings is 1. The van der Waals surface area contributed by atoms with E-state index in [2.05, 4.69) is 30.0 Å². The van der Waals surface area contributed by atoms with Crippen LogP contribution in [0.2, 0.25) is 5.21 Å². The van der Waals surface area contributed by atoms with Crippen molar-refractivity contribution < 1.29 is 5.11 Å². The van der Waals surface area contributed by atoms with Crippen LogP contribution in [-0.2, 0) is 5.21 Å². The van der Waals surface area contributed by atoms with E-state index in [4.69, 9.17) is 0 Å². The van der Waals surface area contributed by atoms with Gasteiger partial charge >= 0.3 is 139 Å². The van der Waals surface area contributed by atoms with Gasteiger partial charge in [0.1, 0.15) is 0 Å². The van der Waals surface area contributed by atoms with Crippen LogP contribution < -0.4 is 5.56 Å². The van der Waals surface area contributed by atoms with Crippen LogP contribution in [-0.4, -0.2) is 51.4 Å². The van der Waals surface area contributed by atoms with Gasteiger partial charge in [-0.25, -0.2) is 0 Å². The van der Waals surface area contributed by atoms with E-state index in [1.54, 1.807) is 29.5 Å². The summed E-state index contributed by atoms with van der Waals surface area (Å²) in [6.45, 7) is 1.13. The third-order valence-electron chi connectivity index (χ3n) is 3.50. The second-order valence-electron chi connectivity index (χ2n) is 5.55. The predicted octanol–water partition coefficient (Wildman–Crippen LogP) is 2.63. The molecule has 0 atom stereocenters. The molecule has 3 rings (SSSR count). The Labute approximate surface area is 139 Å². The summed E-state index contributed by atoms with van der Waals surface area (Å²) in [4.78, 5) is 18.6. The molecule has 0 unspecified atom stereocenters. The molecular weight excluding hydrogens is 359 g/mol. The van der Waals surface area contributed by atoms with Gasteiger partial charge < -0.3 is 0 Å². The third-order valence-corrected chi connectivity index (χ3v) is 7.37. The Morgan fingerprint density at radius 1 is 1.27 bits per heavy atom. The molecule has 0 aliphatic carbocycles. The number of fused-ring (bicyclic) bond motifs is 3. The van der Waals surface area contributed by atoms with Crippen molar-refractivity contribution in [3.8, 4) is 5.75 Å². The fourth-order valence-electron chi connectivity index (χ4n) is 2.39. The maximum absolute atomic E-state index is 12.2. The van der Waals surface area contributed by atoms with Crippen molar-refractivity contribution in [3.63, 3.8) is 0 Å². The van der Waals surface area contributed by atoms with Gasteiger partial charge in [-0.1, -0.05) is 0 Å². The molecule has 4 nitrogen and oxygen atoms in total. The molecule has 2 heterocycles. The van der Waals surface area contributed by atoms with E-state index in [-0.39, 0.29) is 27.1 Å². The molecule has 115 valence electrons. The zero-order chi connectivity index (χ0) is 15.7. The Bertz CT molecular complexity index is 870. The van der Waals surface area contributed by atoms with Gasteiger partial charge in [0.15, 0.2) is 0 Å². The number of hydrogen-bond donors (Lipinski definition) is 2. The molecule has 1 aromatic carbocycles.